The lowest BCUT2D eigenvalue weighted by Crippen LogP contribution is -2.36. The second-order valence-corrected chi connectivity index (χ2v) is 13.4. The third kappa shape index (κ3) is 6.14. The summed E-state index contributed by atoms with van der Waals surface area (Å²) in [5.74, 6) is 1.73. The number of rotatable bonds is 12. The van der Waals surface area contributed by atoms with Crippen molar-refractivity contribution in [2.24, 2.45) is 0 Å². The van der Waals surface area contributed by atoms with Crippen LogP contribution in [0.15, 0.2) is 181 Å². The first-order chi connectivity index (χ1) is 24.8. The zero-order valence-corrected chi connectivity index (χ0v) is 28.5. The summed E-state index contributed by atoms with van der Waals surface area (Å²) in [6.07, 6.45) is 5.94. The van der Waals surface area contributed by atoms with E-state index in [1.807, 2.05) is 6.33 Å². The normalized spacial score (nSPS) is 11.6. The number of nitrogens with zero attached hydrogens (tertiary/aromatic N) is 5. The average Bonchev–Trinajstić information content (AvgIpc) is 3.83. The van der Waals surface area contributed by atoms with Crippen LogP contribution in [-0.2, 0) is 24.3 Å². The zero-order chi connectivity index (χ0) is 33.6. The molecular weight excluding hydrogens is 631 g/mol. The van der Waals surface area contributed by atoms with E-state index >= 15 is 0 Å². The predicted octanol–water partition coefficient (Wildman–Crippen LogP) is 10.1. The van der Waals surface area contributed by atoms with E-state index in [1.54, 1.807) is 11.8 Å². The van der Waals surface area contributed by atoms with E-state index in [2.05, 4.69) is 179 Å². The lowest BCUT2D eigenvalue weighted by molar-refractivity contribution is 0.513. The minimum Gasteiger partial charge on any atom is -0.319 e. The van der Waals surface area contributed by atoms with Gasteiger partial charge in [-0.05, 0) is 45.9 Å². The van der Waals surface area contributed by atoms with Crippen molar-refractivity contribution in [1.29, 1.82) is 0 Å². The van der Waals surface area contributed by atoms with Gasteiger partial charge in [-0.25, -0.2) is 4.98 Å². The molecule has 0 atom stereocenters. The molecule has 244 valence electrons. The fourth-order valence-electron chi connectivity index (χ4n) is 7.02. The van der Waals surface area contributed by atoms with Crippen molar-refractivity contribution < 1.29 is 0 Å². The third-order valence-electron chi connectivity index (χ3n) is 9.37. The summed E-state index contributed by atoms with van der Waals surface area (Å²) in [4.78, 5) is 5.01. The van der Waals surface area contributed by atoms with Gasteiger partial charge in [0.15, 0.2) is 11.0 Å². The summed E-state index contributed by atoms with van der Waals surface area (Å²) in [5, 5.41) is 12.8. The molecule has 6 heteroatoms. The van der Waals surface area contributed by atoms with Gasteiger partial charge in [0.25, 0.3) is 0 Å². The molecule has 2 heterocycles. The van der Waals surface area contributed by atoms with Crippen LogP contribution in [0.4, 0.5) is 0 Å². The molecule has 0 aliphatic carbocycles. The average molecular weight is 668 g/mol. The Morgan fingerprint density at radius 3 is 1.82 bits per heavy atom. The Balaban J connectivity index is 1.12. The number of hydrogen-bond acceptors (Lipinski definition) is 4. The van der Waals surface area contributed by atoms with Crippen LogP contribution in [-0.4, -0.2) is 24.3 Å². The number of thioether (sulfide) groups is 1. The second kappa shape index (κ2) is 14.4. The Morgan fingerprint density at radius 2 is 1.16 bits per heavy atom. The summed E-state index contributed by atoms with van der Waals surface area (Å²) in [7, 11) is 0. The Kier molecular flexibility index (Phi) is 9.09. The standard InChI is InChI=1S/C44H37N5S/c1-5-17-34(18-6-1)32-50-43-47-46-42(41-29-15-20-35-19-13-14-28-40(35)41)49(43)30-16-27-39-31-48(33-45-39)44(36-21-7-2-8-22-36,37-23-9-3-10-24-37)38-25-11-4-12-26-38/h1-15,17-26,28-29,31,33H,16,27,30,32H2. The molecule has 0 bridgehead atoms. The molecule has 0 amide bonds. The molecule has 0 saturated carbocycles. The predicted molar refractivity (Wildman–Crippen MR) is 204 cm³/mol. The van der Waals surface area contributed by atoms with Crippen molar-refractivity contribution in [3.63, 3.8) is 0 Å². The number of aromatic nitrogens is 5. The van der Waals surface area contributed by atoms with Crippen molar-refractivity contribution in [2.45, 2.75) is 35.8 Å². The zero-order valence-electron chi connectivity index (χ0n) is 27.7. The summed E-state index contributed by atoms with van der Waals surface area (Å²) < 4.78 is 4.60. The van der Waals surface area contributed by atoms with Crippen molar-refractivity contribution in [3.8, 4) is 11.4 Å². The van der Waals surface area contributed by atoms with Crippen LogP contribution in [0.25, 0.3) is 22.2 Å². The summed E-state index contributed by atoms with van der Waals surface area (Å²) in [6.45, 7) is 0.775. The molecular formula is C44H37N5S. The van der Waals surface area contributed by atoms with E-state index in [0.29, 0.717) is 0 Å². The van der Waals surface area contributed by atoms with Gasteiger partial charge in [-0.3, -0.25) is 0 Å². The molecule has 0 aliphatic rings. The summed E-state index contributed by atoms with van der Waals surface area (Å²) in [5.41, 5.74) is 6.40. The van der Waals surface area contributed by atoms with E-state index in [0.717, 1.165) is 47.4 Å². The maximum atomic E-state index is 5.01. The molecule has 0 unspecified atom stereocenters. The quantitative estimate of drug-likeness (QED) is 0.0961. The molecule has 8 rings (SSSR count). The number of benzene rings is 6. The van der Waals surface area contributed by atoms with Gasteiger partial charge in [-0.15, -0.1) is 10.2 Å². The fraction of sp³-hybridized carbons (Fsp3) is 0.114. The van der Waals surface area contributed by atoms with Crippen LogP contribution < -0.4 is 0 Å². The van der Waals surface area contributed by atoms with E-state index in [-0.39, 0.29) is 0 Å². The minimum atomic E-state index is -0.577. The van der Waals surface area contributed by atoms with Crippen LogP contribution in [0.5, 0.6) is 0 Å². The Bertz CT molecular complexity index is 2200. The number of fused-ring (bicyclic) bond motifs is 1. The molecule has 6 aromatic carbocycles. The van der Waals surface area contributed by atoms with Crippen LogP contribution in [0, 0.1) is 0 Å². The van der Waals surface area contributed by atoms with Crippen molar-refractivity contribution in [3.05, 3.63) is 204 Å². The summed E-state index contributed by atoms with van der Waals surface area (Å²) in [6, 6.07) is 57.7. The van der Waals surface area contributed by atoms with Gasteiger partial charge in [-0.2, -0.15) is 0 Å². The van der Waals surface area contributed by atoms with Crippen LogP contribution in [0.2, 0.25) is 0 Å². The van der Waals surface area contributed by atoms with Gasteiger partial charge in [0.05, 0.1) is 12.0 Å². The largest absolute Gasteiger partial charge is 0.319 e. The molecule has 50 heavy (non-hydrogen) atoms. The van der Waals surface area contributed by atoms with Crippen LogP contribution >= 0.6 is 11.8 Å². The van der Waals surface area contributed by atoms with Crippen molar-refractivity contribution in [2.75, 3.05) is 0 Å². The molecule has 0 N–H and O–H groups in total. The highest BCUT2D eigenvalue weighted by molar-refractivity contribution is 7.98. The maximum Gasteiger partial charge on any atom is 0.191 e. The highest BCUT2D eigenvalue weighted by Crippen LogP contribution is 2.41. The molecule has 0 spiro atoms. The first-order valence-electron chi connectivity index (χ1n) is 17.1. The van der Waals surface area contributed by atoms with E-state index in [1.165, 1.54) is 33.0 Å². The molecule has 0 fully saturated rings. The van der Waals surface area contributed by atoms with Gasteiger partial charge >= 0.3 is 0 Å². The molecule has 8 aromatic rings. The van der Waals surface area contributed by atoms with Crippen molar-refractivity contribution in [1.82, 2.24) is 24.3 Å². The van der Waals surface area contributed by atoms with Crippen molar-refractivity contribution >= 4 is 22.5 Å². The Hall–Kier alpha value is -5.72. The van der Waals surface area contributed by atoms with E-state index in [4.69, 9.17) is 15.2 Å². The van der Waals surface area contributed by atoms with E-state index < -0.39 is 5.54 Å². The van der Waals surface area contributed by atoms with Crippen LogP contribution in [0.1, 0.15) is 34.4 Å². The summed E-state index contributed by atoms with van der Waals surface area (Å²) >= 11 is 1.74. The third-order valence-corrected chi connectivity index (χ3v) is 10.4. The number of imidazole rings is 1. The fourth-order valence-corrected chi connectivity index (χ4v) is 7.94. The number of aryl methyl sites for hydroxylation is 1. The molecule has 0 saturated heterocycles. The topological polar surface area (TPSA) is 48.5 Å². The Labute approximate surface area is 297 Å². The van der Waals surface area contributed by atoms with Gasteiger partial charge in [0.2, 0.25) is 0 Å². The van der Waals surface area contributed by atoms with Gasteiger partial charge < -0.3 is 9.13 Å². The molecule has 2 aromatic heterocycles. The first kappa shape index (κ1) is 31.5. The monoisotopic (exact) mass is 667 g/mol. The van der Waals surface area contributed by atoms with Gasteiger partial charge in [-0.1, -0.05) is 176 Å². The highest BCUT2D eigenvalue weighted by atomic mass is 32.2. The molecule has 5 nitrogen and oxygen atoms in total. The smallest absolute Gasteiger partial charge is 0.191 e. The minimum absolute atomic E-state index is 0.577. The maximum absolute atomic E-state index is 5.01. The lowest BCUT2D eigenvalue weighted by atomic mass is 9.77. The molecule has 0 radical (unpaired) electrons. The first-order valence-corrected chi connectivity index (χ1v) is 18.1. The van der Waals surface area contributed by atoms with Gasteiger partial charge in [0.1, 0.15) is 5.54 Å². The van der Waals surface area contributed by atoms with Gasteiger partial charge in [0, 0.05) is 24.1 Å². The van der Waals surface area contributed by atoms with E-state index in [9.17, 15) is 0 Å². The Morgan fingerprint density at radius 1 is 0.580 bits per heavy atom. The lowest BCUT2D eigenvalue weighted by Gasteiger charge is -2.37. The molecule has 0 aliphatic heterocycles. The highest BCUT2D eigenvalue weighted by Gasteiger charge is 2.38. The second-order valence-electron chi connectivity index (χ2n) is 12.4. The number of hydrogen-bond donors (Lipinski definition) is 0. The SMILES string of the molecule is c1ccc(CSc2nnc(-c3cccc4ccccc34)n2CCCc2cn(C(c3ccccc3)(c3ccccc3)c3ccccc3)cn2)cc1. The van der Waals surface area contributed by atoms with Crippen LogP contribution in [0.3, 0.4) is 0 Å².